The van der Waals surface area contributed by atoms with Gasteiger partial charge in [0.15, 0.2) is 0 Å². The van der Waals surface area contributed by atoms with Gasteiger partial charge in [-0.1, -0.05) is 35.5 Å². The molecule has 2 aromatic carbocycles. The summed E-state index contributed by atoms with van der Waals surface area (Å²) in [6.45, 7) is 0. The summed E-state index contributed by atoms with van der Waals surface area (Å²) < 4.78 is 5.52. The van der Waals surface area contributed by atoms with Gasteiger partial charge in [-0.3, -0.25) is 4.79 Å². The van der Waals surface area contributed by atoms with E-state index >= 15 is 0 Å². The Labute approximate surface area is 152 Å². The summed E-state index contributed by atoms with van der Waals surface area (Å²) in [4.78, 5) is 12.0. The first-order valence-electron chi connectivity index (χ1n) is 7.17. The number of rotatable bonds is 5. The summed E-state index contributed by atoms with van der Waals surface area (Å²) in [7, 11) is 0. The van der Waals surface area contributed by atoms with Gasteiger partial charge >= 0.3 is 0 Å². The molecule has 0 bridgehead atoms. The standard InChI is InChI=1S/C17H11ClN4O2S/c18-13-7-5-11(6-8-13)16-21-22-17(24-16)25-10-15(23)20-14-4-2-1-3-12(14)9-19/h1-8H,10H2,(H,20,23). The fourth-order valence-electron chi connectivity index (χ4n) is 1.98. The summed E-state index contributed by atoms with van der Waals surface area (Å²) >= 11 is 6.96. The summed E-state index contributed by atoms with van der Waals surface area (Å²) in [6, 6.07) is 15.8. The number of nitriles is 1. The van der Waals surface area contributed by atoms with E-state index in [4.69, 9.17) is 21.3 Å². The van der Waals surface area contributed by atoms with Crippen LogP contribution in [0, 0.1) is 11.3 Å². The third-order valence-electron chi connectivity index (χ3n) is 3.15. The molecule has 3 rings (SSSR count). The molecule has 0 fully saturated rings. The van der Waals surface area contributed by atoms with Gasteiger partial charge in [0, 0.05) is 10.6 Å². The van der Waals surface area contributed by atoms with E-state index in [1.165, 1.54) is 0 Å². The summed E-state index contributed by atoms with van der Waals surface area (Å²) in [5, 5.41) is 20.5. The molecule has 25 heavy (non-hydrogen) atoms. The number of anilines is 1. The zero-order valence-corrected chi connectivity index (χ0v) is 14.3. The van der Waals surface area contributed by atoms with Crippen LogP contribution in [0.4, 0.5) is 5.69 Å². The number of nitrogens with zero attached hydrogens (tertiary/aromatic N) is 3. The maximum absolute atomic E-state index is 12.0. The Morgan fingerprint density at radius 2 is 1.96 bits per heavy atom. The van der Waals surface area contributed by atoms with Crippen molar-refractivity contribution >= 4 is 35.0 Å². The predicted octanol–water partition coefficient (Wildman–Crippen LogP) is 3.99. The SMILES string of the molecule is N#Cc1ccccc1NC(=O)CSc1nnc(-c2ccc(Cl)cc2)o1. The molecule has 1 amide bonds. The van der Waals surface area contributed by atoms with Gasteiger partial charge in [0.25, 0.3) is 5.22 Å². The zero-order chi connectivity index (χ0) is 17.6. The minimum atomic E-state index is -0.265. The molecular weight excluding hydrogens is 360 g/mol. The molecule has 6 nitrogen and oxygen atoms in total. The van der Waals surface area contributed by atoms with Crippen LogP contribution in [0.15, 0.2) is 58.2 Å². The van der Waals surface area contributed by atoms with Crippen LogP contribution in [0.2, 0.25) is 5.02 Å². The van der Waals surface area contributed by atoms with E-state index < -0.39 is 0 Å². The van der Waals surface area contributed by atoms with E-state index in [9.17, 15) is 4.79 Å². The summed E-state index contributed by atoms with van der Waals surface area (Å²) in [5.74, 6) is 0.176. The molecule has 0 spiro atoms. The number of nitrogens with one attached hydrogen (secondary N) is 1. The Morgan fingerprint density at radius 1 is 1.20 bits per heavy atom. The quantitative estimate of drug-likeness (QED) is 0.682. The predicted molar refractivity (Wildman–Crippen MR) is 95.3 cm³/mol. The highest BCUT2D eigenvalue weighted by atomic mass is 35.5. The lowest BCUT2D eigenvalue weighted by atomic mass is 10.2. The smallest absolute Gasteiger partial charge is 0.277 e. The van der Waals surface area contributed by atoms with Crippen LogP contribution in [0.1, 0.15) is 5.56 Å². The number of carbonyl (C=O) groups excluding carboxylic acids is 1. The first-order valence-corrected chi connectivity index (χ1v) is 8.53. The molecular formula is C17H11ClN4O2S. The van der Waals surface area contributed by atoms with Gasteiger partial charge < -0.3 is 9.73 Å². The van der Waals surface area contributed by atoms with E-state index in [2.05, 4.69) is 15.5 Å². The summed E-state index contributed by atoms with van der Waals surface area (Å²) in [6.07, 6.45) is 0. The van der Waals surface area contributed by atoms with Crippen molar-refractivity contribution in [2.45, 2.75) is 5.22 Å². The van der Waals surface area contributed by atoms with E-state index in [-0.39, 0.29) is 16.9 Å². The van der Waals surface area contributed by atoms with Crippen LogP contribution < -0.4 is 5.32 Å². The van der Waals surface area contributed by atoms with Crippen molar-refractivity contribution in [3.8, 4) is 17.5 Å². The third kappa shape index (κ3) is 4.38. The van der Waals surface area contributed by atoms with Crippen molar-refractivity contribution in [2.24, 2.45) is 0 Å². The number of hydrogen-bond donors (Lipinski definition) is 1. The maximum atomic E-state index is 12.0. The van der Waals surface area contributed by atoms with Gasteiger partial charge in [-0.15, -0.1) is 10.2 Å². The lowest BCUT2D eigenvalue weighted by Crippen LogP contribution is -2.14. The molecule has 3 aromatic rings. The van der Waals surface area contributed by atoms with Gasteiger partial charge in [-0.25, -0.2) is 0 Å². The number of para-hydroxylation sites is 1. The number of benzene rings is 2. The number of thioether (sulfide) groups is 1. The minimum Gasteiger partial charge on any atom is -0.411 e. The molecule has 8 heteroatoms. The lowest BCUT2D eigenvalue weighted by molar-refractivity contribution is -0.113. The fourth-order valence-corrected chi connectivity index (χ4v) is 2.67. The van der Waals surface area contributed by atoms with Gasteiger partial charge in [-0.05, 0) is 36.4 Å². The Balaban J connectivity index is 1.59. The van der Waals surface area contributed by atoms with Crippen LogP contribution in [-0.4, -0.2) is 21.9 Å². The van der Waals surface area contributed by atoms with Crippen LogP contribution in [0.5, 0.6) is 0 Å². The van der Waals surface area contributed by atoms with E-state index in [0.29, 0.717) is 22.2 Å². The normalized spacial score (nSPS) is 10.2. The molecule has 1 N–H and O–H groups in total. The Kier molecular flexibility index (Phi) is 5.33. The highest BCUT2D eigenvalue weighted by Crippen LogP contribution is 2.24. The molecule has 0 unspecified atom stereocenters. The molecule has 0 aliphatic carbocycles. The monoisotopic (exact) mass is 370 g/mol. The van der Waals surface area contributed by atoms with E-state index in [0.717, 1.165) is 17.3 Å². The van der Waals surface area contributed by atoms with Gasteiger partial charge in [-0.2, -0.15) is 5.26 Å². The van der Waals surface area contributed by atoms with Crippen molar-refractivity contribution in [3.05, 3.63) is 59.1 Å². The number of halogens is 1. The van der Waals surface area contributed by atoms with E-state index in [1.54, 1.807) is 48.5 Å². The molecule has 0 aliphatic heterocycles. The van der Waals surface area contributed by atoms with Crippen molar-refractivity contribution in [3.63, 3.8) is 0 Å². The van der Waals surface area contributed by atoms with Crippen LogP contribution in [0.3, 0.4) is 0 Å². The average Bonchev–Trinajstić information content (AvgIpc) is 3.10. The second-order valence-electron chi connectivity index (χ2n) is 4.87. The second-order valence-corrected chi connectivity index (χ2v) is 6.24. The molecule has 0 saturated carbocycles. The number of amides is 1. The number of aromatic nitrogens is 2. The maximum Gasteiger partial charge on any atom is 0.277 e. The van der Waals surface area contributed by atoms with Crippen LogP contribution in [0.25, 0.3) is 11.5 Å². The zero-order valence-electron chi connectivity index (χ0n) is 12.8. The first-order chi connectivity index (χ1) is 12.2. The Bertz CT molecular complexity index is 934. The highest BCUT2D eigenvalue weighted by molar-refractivity contribution is 7.99. The Hall–Kier alpha value is -2.82. The molecule has 124 valence electrons. The molecule has 0 radical (unpaired) electrons. The highest BCUT2D eigenvalue weighted by Gasteiger charge is 2.12. The first kappa shape index (κ1) is 17.0. The number of carbonyl (C=O) groups is 1. The third-order valence-corrected chi connectivity index (χ3v) is 4.22. The Morgan fingerprint density at radius 3 is 2.72 bits per heavy atom. The minimum absolute atomic E-state index is 0.0853. The van der Waals surface area contributed by atoms with Gasteiger partial charge in [0.1, 0.15) is 6.07 Å². The summed E-state index contributed by atoms with van der Waals surface area (Å²) in [5.41, 5.74) is 1.63. The average molecular weight is 371 g/mol. The van der Waals surface area contributed by atoms with Crippen molar-refractivity contribution in [2.75, 3.05) is 11.1 Å². The molecule has 1 heterocycles. The topological polar surface area (TPSA) is 91.8 Å². The molecule has 0 aliphatic rings. The van der Waals surface area contributed by atoms with Crippen molar-refractivity contribution < 1.29 is 9.21 Å². The van der Waals surface area contributed by atoms with Crippen LogP contribution >= 0.6 is 23.4 Å². The fraction of sp³-hybridized carbons (Fsp3) is 0.0588. The molecule has 0 saturated heterocycles. The second kappa shape index (κ2) is 7.83. The van der Waals surface area contributed by atoms with Crippen LogP contribution in [-0.2, 0) is 4.79 Å². The molecule has 1 aromatic heterocycles. The largest absolute Gasteiger partial charge is 0.411 e. The van der Waals surface area contributed by atoms with Crippen molar-refractivity contribution in [1.29, 1.82) is 5.26 Å². The van der Waals surface area contributed by atoms with E-state index in [1.807, 2.05) is 6.07 Å². The molecule has 0 atom stereocenters. The van der Waals surface area contributed by atoms with Gasteiger partial charge in [0.05, 0.1) is 17.0 Å². The number of hydrogen-bond acceptors (Lipinski definition) is 6. The van der Waals surface area contributed by atoms with Crippen molar-refractivity contribution in [1.82, 2.24) is 10.2 Å². The lowest BCUT2D eigenvalue weighted by Gasteiger charge is -2.05. The van der Waals surface area contributed by atoms with Gasteiger partial charge in [0.2, 0.25) is 11.8 Å².